The van der Waals surface area contributed by atoms with Crippen LogP contribution in [0.5, 0.6) is 0 Å². The van der Waals surface area contributed by atoms with Gasteiger partial charge in [0.2, 0.25) is 5.91 Å². The molecule has 0 radical (unpaired) electrons. The molecule has 0 saturated carbocycles. The SMILES string of the molecule is Cc1cccc(NC(=O)C(C)C(=O)c2ccccc2)c1. The highest BCUT2D eigenvalue weighted by Gasteiger charge is 2.22. The van der Waals surface area contributed by atoms with E-state index < -0.39 is 5.92 Å². The molecule has 20 heavy (non-hydrogen) atoms. The van der Waals surface area contributed by atoms with Gasteiger partial charge in [-0.25, -0.2) is 0 Å². The van der Waals surface area contributed by atoms with Crippen LogP contribution in [-0.4, -0.2) is 11.7 Å². The summed E-state index contributed by atoms with van der Waals surface area (Å²) in [6.45, 7) is 3.58. The molecule has 0 aliphatic heterocycles. The minimum absolute atomic E-state index is 0.171. The van der Waals surface area contributed by atoms with E-state index in [1.807, 2.05) is 37.3 Å². The van der Waals surface area contributed by atoms with Crippen molar-refractivity contribution in [2.75, 3.05) is 5.32 Å². The maximum atomic E-state index is 12.2. The number of aryl methyl sites for hydroxylation is 1. The molecule has 2 rings (SSSR count). The molecular formula is C17H17NO2. The molecule has 1 amide bonds. The van der Waals surface area contributed by atoms with Crippen LogP contribution in [0, 0.1) is 12.8 Å². The van der Waals surface area contributed by atoms with Crippen molar-refractivity contribution in [2.45, 2.75) is 13.8 Å². The molecule has 0 aliphatic carbocycles. The highest BCUT2D eigenvalue weighted by molar-refractivity contribution is 6.13. The van der Waals surface area contributed by atoms with E-state index in [0.717, 1.165) is 5.56 Å². The normalized spacial score (nSPS) is 11.7. The van der Waals surface area contributed by atoms with Crippen LogP contribution in [0.4, 0.5) is 5.69 Å². The molecule has 0 spiro atoms. The van der Waals surface area contributed by atoms with E-state index in [9.17, 15) is 9.59 Å². The Balaban J connectivity index is 2.07. The number of benzene rings is 2. The number of carbonyl (C=O) groups excluding carboxylic acids is 2. The Hall–Kier alpha value is -2.42. The highest BCUT2D eigenvalue weighted by Crippen LogP contribution is 2.14. The Morgan fingerprint density at radius 1 is 1.00 bits per heavy atom. The van der Waals surface area contributed by atoms with Crippen LogP contribution < -0.4 is 5.32 Å². The summed E-state index contributed by atoms with van der Waals surface area (Å²) < 4.78 is 0. The van der Waals surface area contributed by atoms with Crippen molar-refractivity contribution in [1.29, 1.82) is 0 Å². The minimum atomic E-state index is -0.710. The van der Waals surface area contributed by atoms with Crippen LogP contribution in [0.2, 0.25) is 0 Å². The molecule has 102 valence electrons. The van der Waals surface area contributed by atoms with Crippen molar-refractivity contribution in [3.8, 4) is 0 Å². The third kappa shape index (κ3) is 3.32. The van der Waals surface area contributed by atoms with E-state index in [1.165, 1.54) is 0 Å². The van der Waals surface area contributed by atoms with Gasteiger partial charge in [0.05, 0.1) is 5.92 Å². The second-order valence-electron chi connectivity index (χ2n) is 4.81. The van der Waals surface area contributed by atoms with E-state index in [4.69, 9.17) is 0 Å². The Bertz CT molecular complexity index is 620. The standard InChI is InChI=1S/C17H17NO2/c1-12-7-6-10-15(11-12)18-17(20)13(2)16(19)14-8-4-3-5-9-14/h3-11,13H,1-2H3,(H,18,20). The third-order valence-electron chi connectivity index (χ3n) is 3.13. The smallest absolute Gasteiger partial charge is 0.235 e. The fourth-order valence-corrected chi connectivity index (χ4v) is 1.94. The fraction of sp³-hybridized carbons (Fsp3) is 0.176. The first kappa shape index (κ1) is 14.0. The summed E-state index contributed by atoms with van der Waals surface area (Å²) >= 11 is 0. The number of ketones is 1. The monoisotopic (exact) mass is 267 g/mol. The van der Waals surface area contributed by atoms with Gasteiger partial charge in [0, 0.05) is 11.3 Å². The summed E-state index contributed by atoms with van der Waals surface area (Å²) in [4.78, 5) is 24.3. The molecule has 0 bridgehead atoms. The Morgan fingerprint density at radius 2 is 1.70 bits per heavy atom. The maximum absolute atomic E-state index is 12.2. The molecule has 1 atom stereocenters. The lowest BCUT2D eigenvalue weighted by Gasteiger charge is -2.11. The van der Waals surface area contributed by atoms with E-state index >= 15 is 0 Å². The van der Waals surface area contributed by atoms with Gasteiger partial charge >= 0.3 is 0 Å². The molecule has 0 aliphatic rings. The van der Waals surface area contributed by atoms with Gasteiger partial charge in [0.15, 0.2) is 5.78 Å². The molecule has 1 unspecified atom stereocenters. The number of nitrogens with one attached hydrogen (secondary N) is 1. The average molecular weight is 267 g/mol. The van der Waals surface area contributed by atoms with Gasteiger partial charge < -0.3 is 5.32 Å². The molecule has 3 nitrogen and oxygen atoms in total. The molecule has 0 fully saturated rings. The van der Waals surface area contributed by atoms with Gasteiger partial charge in [-0.15, -0.1) is 0 Å². The van der Waals surface area contributed by atoms with Crippen LogP contribution in [0.15, 0.2) is 54.6 Å². The average Bonchev–Trinajstić information content (AvgIpc) is 2.46. The van der Waals surface area contributed by atoms with Gasteiger partial charge in [-0.2, -0.15) is 0 Å². The van der Waals surface area contributed by atoms with Crippen LogP contribution in [0.25, 0.3) is 0 Å². The van der Waals surface area contributed by atoms with Crippen LogP contribution in [0.1, 0.15) is 22.8 Å². The first-order valence-electron chi connectivity index (χ1n) is 6.54. The summed E-state index contributed by atoms with van der Waals surface area (Å²) in [7, 11) is 0. The largest absolute Gasteiger partial charge is 0.325 e. The quantitative estimate of drug-likeness (QED) is 0.681. The molecule has 2 aromatic carbocycles. The zero-order valence-electron chi connectivity index (χ0n) is 11.6. The molecule has 1 N–H and O–H groups in total. The summed E-state index contributed by atoms with van der Waals surface area (Å²) in [6.07, 6.45) is 0. The lowest BCUT2D eigenvalue weighted by molar-refractivity contribution is -0.118. The van der Waals surface area contributed by atoms with Crippen LogP contribution >= 0.6 is 0 Å². The zero-order chi connectivity index (χ0) is 14.5. The highest BCUT2D eigenvalue weighted by atomic mass is 16.2. The molecular weight excluding hydrogens is 250 g/mol. The Kier molecular flexibility index (Phi) is 4.31. The summed E-state index contributed by atoms with van der Waals surface area (Å²) in [5, 5.41) is 2.77. The Morgan fingerprint density at radius 3 is 2.35 bits per heavy atom. The first-order chi connectivity index (χ1) is 9.58. The molecule has 3 heteroatoms. The topological polar surface area (TPSA) is 46.2 Å². The van der Waals surface area contributed by atoms with Crippen LogP contribution in [0.3, 0.4) is 0 Å². The summed E-state index contributed by atoms with van der Waals surface area (Å²) in [6, 6.07) is 16.4. The zero-order valence-corrected chi connectivity index (χ0v) is 11.6. The minimum Gasteiger partial charge on any atom is -0.325 e. The number of hydrogen-bond acceptors (Lipinski definition) is 2. The molecule has 0 aromatic heterocycles. The predicted molar refractivity (Wildman–Crippen MR) is 79.7 cm³/mol. The number of Topliss-reactive ketones (excluding diaryl/α,β-unsaturated/α-hetero) is 1. The van der Waals surface area contributed by atoms with Crippen molar-refractivity contribution >= 4 is 17.4 Å². The molecule has 0 heterocycles. The van der Waals surface area contributed by atoms with E-state index in [-0.39, 0.29) is 11.7 Å². The van der Waals surface area contributed by atoms with E-state index in [0.29, 0.717) is 11.3 Å². The van der Waals surface area contributed by atoms with Crippen molar-refractivity contribution in [3.63, 3.8) is 0 Å². The second-order valence-corrected chi connectivity index (χ2v) is 4.81. The first-order valence-corrected chi connectivity index (χ1v) is 6.54. The van der Waals surface area contributed by atoms with Gasteiger partial charge in [-0.3, -0.25) is 9.59 Å². The number of anilines is 1. The molecule has 0 saturated heterocycles. The predicted octanol–water partition coefficient (Wildman–Crippen LogP) is 3.45. The van der Waals surface area contributed by atoms with Gasteiger partial charge in [0.1, 0.15) is 0 Å². The molecule has 2 aromatic rings. The summed E-state index contributed by atoms with van der Waals surface area (Å²) in [5.41, 5.74) is 2.33. The number of rotatable bonds is 4. The van der Waals surface area contributed by atoms with E-state index in [2.05, 4.69) is 5.32 Å². The fourth-order valence-electron chi connectivity index (χ4n) is 1.94. The number of hydrogen-bond donors (Lipinski definition) is 1. The van der Waals surface area contributed by atoms with Gasteiger partial charge in [0.25, 0.3) is 0 Å². The Labute approximate surface area is 118 Å². The number of carbonyl (C=O) groups is 2. The summed E-state index contributed by atoms with van der Waals surface area (Å²) in [5.74, 6) is -1.17. The third-order valence-corrected chi connectivity index (χ3v) is 3.13. The second kappa shape index (κ2) is 6.15. The van der Waals surface area contributed by atoms with Gasteiger partial charge in [-0.05, 0) is 31.5 Å². The maximum Gasteiger partial charge on any atom is 0.235 e. The van der Waals surface area contributed by atoms with Gasteiger partial charge in [-0.1, -0.05) is 42.5 Å². The van der Waals surface area contributed by atoms with Crippen molar-refractivity contribution in [1.82, 2.24) is 0 Å². The lowest BCUT2D eigenvalue weighted by Crippen LogP contribution is -2.27. The van der Waals surface area contributed by atoms with Crippen molar-refractivity contribution in [2.24, 2.45) is 5.92 Å². The van der Waals surface area contributed by atoms with Crippen molar-refractivity contribution in [3.05, 3.63) is 65.7 Å². The van der Waals surface area contributed by atoms with Crippen molar-refractivity contribution < 1.29 is 9.59 Å². The lowest BCUT2D eigenvalue weighted by atomic mass is 9.98. The number of amides is 1. The van der Waals surface area contributed by atoms with E-state index in [1.54, 1.807) is 31.2 Å². The van der Waals surface area contributed by atoms with Crippen LogP contribution in [-0.2, 0) is 4.79 Å².